The third-order valence-corrected chi connectivity index (χ3v) is 3.86. The van der Waals surface area contributed by atoms with Crippen molar-refractivity contribution in [2.75, 3.05) is 17.7 Å². The first-order chi connectivity index (χ1) is 12.5. The summed E-state index contributed by atoms with van der Waals surface area (Å²) in [5.74, 6) is 0.610. The van der Waals surface area contributed by atoms with Crippen molar-refractivity contribution in [3.8, 4) is 0 Å². The summed E-state index contributed by atoms with van der Waals surface area (Å²) >= 11 is 6.18. The Balaban J connectivity index is 1.84. The van der Waals surface area contributed by atoms with Crippen molar-refractivity contribution in [1.29, 1.82) is 0 Å². The number of rotatable bonds is 5. The van der Waals surface area contributed by atoms with Crippen molar-refractivity contribution in [3.63, 3.8) is 0 Å². The molecule has 1 aromatic heterocycles. The number of aryl methyl sites for hydroxylation is 1. The highest BCUT2D eigenvalue weighted by Crippen LogP contribution is 2.25. The fraction of sp³-hybridized carbons (Fsp3) is 0.105. The van der Waals surface area contributed by atoms with E-state index in [1.807, 2.05) is 37.3 Å². The molecule has 132 valence electrons. The molecule has 6 nitrogen and oxygen atoms in total. The number of anilines is 4. The van der Waals surface area contributed by atoms with Gasteiger partial charge in [-0.1, -0.05) is 29.8 Å². The third kappa shape index (κ3) is 4.29. The number of carbonyl (C=O) groups excluding carboxylic acids is 1. The molecular formula is C19H17ClN4O2. The fourth-order valence-electron chi connectivity index (χ4n) is 2.36. The van der Waals surface area contributed by atoms with Gasteiger partial charge in [0.25, 0.3) is 0 Å². The van der Waals surface area contributed by atoms with E-state index in [0.29, 0.717) is 28.0 Å². The van der Waals surface area contributed by atoms with E-state index < -0.39 is 5.97 Å². The Bertz CT molecular complexity index is 946. The molecule has 26 heavy (non-hydrogen) atoms. The molecule has 0 bridgehead atoms. The number of para-hydroxylation sites is 1. The number of nitrogens with zero attached hydrogens (tertiary/aromatic N) is 2. The Hall–Kier alpha value is -3.12. The zero-order chi connectivity index (χ0) is 18.5. The Morgan fingerprint density at radius 1 is 1.04 bits per heavy atom. The number of benzene rings is 2. The highest BCUT2D eigenvalue weighted by molar-refractivity contribution is 6.33. The zero-order valence-electron chi connectivity index (χ0n) is 14.3. The van der Waals surface area contributed by atoms with Gasteiger partial charge in [0.05, 0.1) is 23.4 Å². The number of carbonyl (C=O) groups is 1. The van der Waals surface area contributed by atoms with Crippen LogP contribution < -0.4 is 10.6 Å². The SMILES string of the molecule is COC(=O)c1cccc(Nc2nc(C)cc(Nc3ccccc3Cl)n2)c1. The van der Waals surface area contributed by atoms with Crippen LogP contribution in [0.2, 0.25) is 5.02 Å². The molecule has 7 heteroatoms. The fourth-order valence-corrected chi connectivity index (χ4v) is 2.54. The second-order valence-corrected chi connectivity index (χ2v) is 5.93. The maximum atomic E-state index is 11.7. The summed E-state index contributed by atoms with van der Waals surface area (Å²) in [6.45, 7) is 1.87. The van der Waals surface area contributed by atoms with Crippen LogP contribution in [-0.4, -0.2) is 23.0 Å². The number of halogens is 1. The average Bonchev–Trinajstić information content (AvgIpc) is 2.63. The van der Waals surface area contributed by atoms with Crippen molar-refractivity contribution in [2.45, 2.75) is 6.92 Å². The predicted octanol–water partition coefficient (Wildman–Crippen LogP) is 4.71. The first kappa shape index (κ1) is 17.7. The van der Waals surface area contributed by atoms with E-state index in [2.05, 4.69) is 20.6 Å². The van der Waals surface area contributed by atoms with Gasteiger partial charge in [-0.25, -0.2) is 9.78 Å². The molecule has 2 N–H and O–H groups in total. The standard InChI is InChI=1S/C19H17ClN4O2/c1-12-10-17(23-16-9-4-3-8-15(16)20)24-19(21-12)22-14-7-5-6-13(11-14)18(25)26-2/h3-11H,1-2H3,(H2,21,22,23,24). The van der Waals surface area contributed by atoms with Gasteiger partial charge < -0.3 is 15.4 Å². The minimum atomic E-state index is -0.403. The highest BCUT2D eigenvalue weighted by Gasteiger charge is 2.08. The van der Waals surface area contributed by atoms with Gasteiger partial charge in [-0.05, 0) is 37.3 Å². The van der Waals surface area contributed by atoms with Gasteiger partial charge in [0.1, 0.15) is 5.82 Å². The molecule has 0 saturated carbocycles. The Kier molecular flexibility index (Phi) is 5.34. The third-order valence-electron chi connectivity index (χ3n) is 3.53. The Labute approximate surface area is 156 Å². The minimum Gasteiger partial charge on any atom is -0.465 e. The molecule has 2 aromatic carbocycles. The summed E-state index contributed by atoms with van der Waals surface area (Å²) in [6, 6.07) is 16.2. The molecule has 0 aliphatic carbocycles. The summed E-state index contributed by atoms with van der Waals surface area (Å²) < 4.78 is 4.74. The molecule has 0 aliphatic heterocycles. The summed E-state index contributed by atoms with van der Waals surface area (Å²) in [4.78, 5) is 20.5. The lowest BCUT2D eigenvalue weighted by Crippen LogP contribution is -2.04. The maximum absolute atomic E-state index is 11.7. The largest absolute Gasteiger partial charge is 0.465 e. The van der Waals surface area contributed by atoms with Gasteiger partial charge in [0.2, 0.25) is 5.95 Å². The van der Waals surface area contributed by atoms with Gasteiger partial charge >= 0.3 is 5.97 Å². The first-order valence-electron chi connectivity index (χ1n) is 7.88. The van der Waals surface area contributed by atoms with E-state index in [-0.39, 0.29) is 0 Å². The number of hydrogen-bond acceptors (Lipinski definition) is 6. The lowest BCUT2D eigenvalue weighted by atomic mass is 10.2. The van der Waals surface area contributed by atoms with Crippen LogP contribution in [0.1, 0.15) is 16.1 Å². The van der Waals surface area contributed by atoms with Gasteiger partial charge in [-0.3, -0.25) is 0 Å². The normalized spacial score (nSPS) is 10.3. The number of methoxy groups -OCH3 is 1. The summed E-state index contributed by atoms with van der Waals surface area (Å²) in [5.41, 5.74) is 2.66. The van der Waals surface area contributed by atoms with Crippen LogP contribution in [0.25, 0.3) is 0 Å². The summed E-state index contributed by atoms with van der Waals surface area (Å²) in [6.07, 6.45) is 0. The second-order valence-electron chi connectivity index (χ2n) is 5.52. The van der Waals surface area contributed by atoms with Crippen molar-refractivity contribution < 1.29 is 9.53 Å². The van der Waals surface area contributed by atoms with Gasteiger partial charge in [-0.2, -0.15) is 4.98 Å². The zero-order valence-corrected chi connectivity index (χ0v) is 15.0. The van der Waals surface area contributed by atoms with Crippen molar-refractivity contribution in [1.82, 2.24) is 9.97 Å². The number of aromatic nitrogens is 2. The number of hydrogen-bond donors (Lipinski definition) is 2. The smallest absolute Gasteiger partial charge is 0.337 e. The monoisotopic (exact) mass is 368 g/mol. The van der Waals surface area contributed by atoms with E-state index in [0.717, 1.165) is 11.4 Å². The van der Waals surface area contributed by atoms with Crippen LogP contribution in [0, 0.1) is 6.92 Å². The average molecular weight is 369 g/mol. The van der Waals surface area contributed by atoms with Crippen LogP contribution in [0.3, 0.4) is 0 Å². The first-order valence-corrected chi connectivity index (χ1v) is 8.25. The molecule has 0 saturated heterocycles. The molecule has 3 aromatic rings. The van der Waals surface area contributed by atoms with Crippen LogP contribution in [0.15, 0.2) is 54.6 Å². The van der Waals surface area contributed by atoms with Gasteiger partial charge in [0, 0.05) is 17.4 Å². The van der Waals surface area contributed by atoms with Crippen LogP contribution in [0.4, 0.5) is 23.1 Å². The number of ether oxygens (including phenoxy) is 1. The molecule has 0 amide bonds. The van der Waals surface area contributed by atoms with Crippen LogP contribution >= 0.6 is 11.6 Å². The van der Waals surface area contributed by atoms with E-state index >= 15 is 0 Å². The predicted molar refractivity (Wildman–Crippen MR) is 103 cm³/mol. The van der Waals surface area contributed by atoms with E-state index in [1.54, 1.807) is 24.3 Å². The Morgan fingerprint density at radius 3 is 2.62 bits per heavy atom. The van der Waals surface area contributed by atoms with Crippen molar-refractivity contribution in [2.24, 2.45) is 0 Å². The lowest BCUT2D eigenvalue weighted by Gasteiger charge is -2.11. The van der Waals surface area contributed by atoms with Gasteiger partial charge in [-0.15, -0.1) is 0 Å². The maximum Gasteiger partial charge on any atom is 0.337 e. The molecule has 0 spiro atoms. The molecule has 3 rings (SSSR count). The molecule has 0 unspecified atom stereocenters. The van der Waals surface area contributed by atoms with Crippen molar-refractivity contribution >= 4 is 40.7 Å². The van der Waals surface area contributed by atoms with Crippen LogP contribution in [0.5, 0.6) is 0 Å². The lowest BCUT2D eigenvalue weighted by molar-refractivity contribution is 0.0601. The summed E-state index contributed by atoms with van der Waals surface area (Å²) in [5, 5.41) is 6.88. The number of esters is 1. The van der Waals surface area contributed by atoms with Crippen molar-refractivity contribution in [3.05, 3.63) is 70.9 Å². The van der Waals surface area contributed by atoms with E-state index in [4.69, 9.17) is 16.3 Å². The van der Waals surface area contributed by atoms with Crippen LogP contribution in [-0.2, 0) is 4.74 Å². The molecule has 0 radical (unpaired) electrons. The summed E-state index contributed by atoms with van der Waals surface area (Å²) in [7, 11) is 1.35. The molecule has 0 atom stereocenters. The molecule has 0 fully saturated rings. The minimum absolute atomic E-state index is 0.403. The quantitative estimate of drug-likeness (QED) is 0.635. The van der Waals surface area contributed by atoms with E-state index in [9.17, 15) is 4.79 Å². The highest BCUT2D eigenvalue weighted by atomic mass is 35.5. The Morgan fingerprint density at radius 2 is 1.85 bits per heavy atom. The van der Waals surface area contributed by atoms with Gasteiger partial charge in [0.15, 0.2) is 0 Å². The molecule has 0 aliphatic rings. The molecule has 1 heterocycles. The second kappa shape index (κ2) is 7.84. The topological polar surface area (TPSA) is 76.1 Å². The van der Waals surface area contributed by atoms with E-state index in [1.165, 1.54) is 7.11 Å². The molecular weight excluding hydrogens is 352 g/mol. The number of nitrogens with one attached hydrogen (secondary N) is 2.